The lowest BCUT2D eigenvalue weighted by molar-refractivity contribution is -0.161. The summed E-state index contributed by atoms with van der Waals surface area (Å²) in [4.78, 5) is 44.8. The quantitative estimate of drug-likeness (QED) is 0.267. The highest BCUT2D eigenvalue weighted by Crippen LogP contribution is 2.64. The summed E-state index contributed by atoms with van der Waals surface area (Å²) in [7, 11) is 0. The van der Waals surface area contributed by atoms with Crippen LogP contribution in [0.3, 0.4) is 0 Å². The minimum Gasteiger partial charge on any atom is -0.465 e. The average Bonchev–Trinajstić information content (AvgIpc) is 3.51. The normalized spacial score (nSPS) is 30.6. The molecule has 2 unspecified atom stereocenters. The number of carbonyl (C=O) groups excluding carboxylic acids is 3. The van der Waals surface area contributed by atoms with E-state index in [9.17, 15) is 19.5 Å². The molecule has 0 radical (unpaired) electrons. The van der Waals surface area contributed by atoms with Crippen LogP contribution in [0.4, 0.5) is 5.69 Å². The number of amides is 2. The van der Waals surface area contributed by atoms with E-state index in [0.29, 0.717) is 36.4 Å². The van der Waals surface area contributed by atoms with E-state index in [0.717, 1.165) is 0 Å². The molecule has 3 fully saturated rings. The van der Waals surface area contributed by atoms with Crippen molar-refractivity contribution in [1.82, 2.24) is 4.90 Å². The molecule has 0 saturated carbocycles. The number of nitrogens with zero attached hydrogens (tertiary/aromatic N) is 2. The molecule has 1 N–H and O–H groups in total. The second-order valence-corrected chi connectivity index (χ2v) is 10.5. The summed E-state index contributed by atoms with van der Waals surface area (Å²) in [5.74, 6) is -2.93. The van der Waals surface area contributed by atoms with Crippen molar-refractivity contribution in [2.24, 2.45) is 11.8 Å². The van der Waals surface area contributed by atoms with Gasteiger partial charge in [0.2, 0.25) is 5.91 Å². The molecule has 2 bridgehead atoms. The van der Waals surface area contributed by atoms with Crippen LogP contribution in [0.1, 0.15) is 39.5 Å². The van der Waals surface area contributed by atoms with Crippen molar-refractivity contribution in [3.8, 4) is 0 Å². The van der Waals surface area contributed by atoms with Gasteiger partial charge in [0.1, 0.15) is 17.6 Å². The topological polar surface area (TPSA) is 96.4 Å². The molecule has 200 valence electrons. The first-order valence-electron chi connectivity index (χ1n) is 12.8. The van der Waals surface area contributed by atoms with Gasteiger partial charge in [0.25, 0.3) is 5.91 Å². The maximum absolute atomic E-state index is 14.4. The van der Waals surface area contributed by atoms with Crippen LogP contribution >= 0.6 is 11.6 Å². The van der Waals surface area contributed by atoms with Gasteiger partial charge in [-0.1, -0.05) is 30.7 Å². The van der Waals surface area contributed by atoms with Crippen molar-refractivity contribution in [3.63, 3.8) is 0 Å². The number of benzene rings is 1. The molecule has 3 aliphatic rings. The van der Waals surface area contributed by atoms with Crippen LogP contribution < -0.4 is 4.90 Å². The van der Waals surface area contributed by atoms with Gasteiger partial charge in [0.05, 0.1) is 30.8 Å². The number of fused-ring (bicyclic) bond motifs is 1. The van der Waals surface area contributed by atoms with Crippen LogP contribution in [0.5, 0.6) is 0 Å². The van der Waals surface area contributed by atoms with Gasteiger partial charge in [-0.15, -0.1) is 13.2 Å². The number of rotatable bonds is 11. The molecule has 3 aliphatic heterocycles. The molecule has 1 aromatic rings. The van der Waals surface area contributed by atoms with Crippen molar-refractivity contribution in [1.29, 1.82) is 0 Å². The molecule has 3 saturated heterocycles. The van der Waals surface area contributed by atoms with E-state index in [1.54, 1.807) is 48.2 Å². The Labute approximate surface area is 222 Å². The van der Waals surface area contributed by atoms with E-state index < -0.39 is 41.1 Å². The molecule has 37 heavy (non-hydrogen) atoms. The Bertz CT molecular complexity index is 1080. The zero-order valence-corrected chi connectivity index (χ0v) is 22.2. The van der Waals surface area contributed by atoms with Gasteiger partial charge in [-0.05, 0) is 56.9 Å². The molecular formula is C28H35ClN2O6. The number of ether oxygens (including phenoxy) is 2. The lowest BCUT2D eigenvalue weighted by Crippen LogP contribution is -2.58. The van der Waals surface area contributed by atoms with E-state index in [4.69, 9.17) is 21.1 Å². The Balaban J connectivity index is 1.80. The summed E-state index contributed by atoms with van der Waals surface area (Å²) in [6, 6.07) is 5.16. The smallest absolute Gasteiger partial charge is 0.312 e. The maximum atomic E-state index is 14.4. The molecule has 4 rings (SSSR count). The first kappa shape index (κ1) is 27.4. The minimum atomic E-state index is -1.21. The highest BCUT2D eigenvalue weighted by atomic mass is 35.5. The molecule has 8 nitrogen and oxygen atoms in total. The molecule has 0 aromatic heterocycles. The number of carbonyl (C=O) groups is 3. The SMILES string of the molecule is C=CCCOC(=O)[C@@H]1[C@H]2C(=O)N([C@H](C)CO)C(C(=O)N(CC=C)c3ccc(Cl)cc3)C23CC[C@@]1(CC)O3. The van der Waals surface area contributed by atoms with Crippen LogP contribution in [0, 0.1) is 11.8 Å². The van der Waals surface area contributed by atoms with Crippen LogP contribution in [0.25, 0.3) is 0 Å². The zero-order chi connectivity index (χ0) is 27.0. The number of likely N-dealkylation sites (tertiary alicyclic amines) is 1. The third kappa shape index (κ3) is 4.29. The maximum Gasteiger partial charge on any atom is 0.312 e. The molecule has 1 aromatic carbocycles. The molecule has 3 heterocycles. The summed E-state index contributed by atoms with van der Waals surface area (Å²) in [5, 5.41) is 10.6. The first-order valence-corrected chi connectivity index (χ1v) is 13.2. The highest BCUT2D eigenvalue weighted by molar-refractivity contribution is 6.30. The van der Waals surface area contributed by atoms with Gasteiger partial charge in [0.15, 0.2) is 0 Å². The van der Waals surface area contributed by atoms with Crippen LogP contribution in [-0.2, 0) is 23.9 Å². The van der Waals surface area contributed by atoms with Crippen LogP contribution in [-0.4, -0.2) is 70.8 Å². The van der Waals surface area contributed by atoms with Gasteiger partial charge in [-0.2, -0.15) is 0 Å². The fraction of sp³-hybridized carbons (Fsp3) is 0.536. The molecule has 1 spiro atoms. The number of hydrogen-bond acceptors (Lipinski definition) is 6. The second-order valence-electron chi connectivity index (χ2n) is 10.1. The van der Waals surface area contributed by atoms with Crippen LogP contribution in [0.15, 0.2) is 49.6 Å². The number of aliphatic hydroxyl groups excluding tert-OH is 1. The van der Waals surface area contributed by atoms with E-state index in [1.165, 1.54) is 4.90 Å². The summed E-state index contributed by atoms with van der Waals surface area (Å²) < 4.78 is 12.3. The van der Waals surface area contributed by atoms with Gasteiger partial charge in [0, 0.05) is 17.3 Å². The molecule has 9 heteroatoms. The number of anilines is 1. The van der Waals surface area contributed by atoms with Crippen molar-refractivity contribution in [2.45, 2.75) is 62.8 Å². The summed E-state index contributed by atoms with van der Waals surface area (Å²) >= 11 is 6.07. The number of aliphatic hydroxyl groups is 1. The Kier molecular flexibility index (Phi) is 7.83. The lowest BCUT2D eigenvalue weighted by atomic mass is 9.65. The van der Waals surface area contributed by atoms with E-state index in [1.807, 2.05) is 6.92 Å². The van der Waals surface area contributed by atoms with Crippen molar-refractivity contribution < 1.29 is 29.0 Å². The lowest BCUT2D eigenvalue weighted by Gasteiger charge is -2.38. The molecule has 0 aliphatic carbocycles. The predicted molar refractivity (Wildman–Crippen MR) is 140 cm³/mol. The highest BCUT2D eigenvalue weighted by Gasteiger charge is 2.79. The second kappa shape index (κ2) is 10.6. The molecular weight excluding hydrogens is 496 g/mol. The van der Waals surface area contributed by atoms with Gasteiger partial charge < -0.3 is 24.4 Å². The van der Waals surface area contributed by atoms with E-state index in [-0.39, 0.29) is 31.6 Å². The third-order valence-electron chi connectivity index (χ3n) is 8.13. The predicted octanol–water partition coefficient (Wildman–Crippen LogP) is 3.51. The Morgan fingerprint density at radius 1 is 1.30 bits per heavy atom. The Morgan fingerprint density at radius 2 is 2.00 bits per heavy atom. The Morgan fingerprint density at radius 3 is 2.59 bits per heavy atom. The monoisotopic (exact) mass is 530 g/mol. The summed E-state index contributed by atoms with van der Waals surface area (Å²) in [5.41, 5.74) is -1.50. The largest absolute Gasteiger partial charge is 0.465 e. The summed E-state index contributed by atoms with van der Waals surface area (Å²) in [6.45, 7) is 11.1. The summed E-state index contributed by atoms with van der Waals surface area (Å²) in [6.07, 6.45) is 5.24. The average molecular weight is 531 g/mol. The van der Waals surface area contributed by atoms with Gasteiger partial charge in [-0.3, -0.25) is 14.4 Å². The Hall–Kier alpha value is -2.68. The van der Waals surface area contributed by atoms with Crippen molar-refractivity contribution in [2.75, 3.05) is 24.7 Å². The zero-order valence-electron chi connectivity index (χ0n) is 21.4. The molecule has 6 atom stereocenters. The van der Waals surface area contributed by atoms with Crippen LogP contribution in [0.2, 0.25) is 5.02 Å². The van der Waals surface area contributed by atoms with Crippen molar-refractivity contribution >= 4 is 35.1 Å². The fourth-order valence-corrected chi connectivity index (χ4v) is 6.54. The number of hydrogen-bond donors (Lipinski definition) is 1. The number of esters is 1. The minimum absolute atomic E-state index is 0.162. The van der Waals surface area contributed by atoms with Gasteiger partial charge in [-0.25, -0.2) is 0 Å². The number of halogens is 1. The van der Waals surface area contributed by atoms with Crippen molar-refractivity contribution in [3.05, 3.63) is 54.6 Å². The molecule has 2 amide bonds. The standard InChI is InChI=1S/C28H35ClN2O6/c1-5-8-16-36-26(35)22-21-24(33)31(18(4)17-32)23(28(21)14-13-27(22,7-3)37-28)25(34)30(15-6-2)20-11-9-19(29)10-12-20/h5-6,9-12,18,21-23,32H,1-2,7-8,13-17H2,3-4H3/t18-,21+,22+,23?,27-,28?/m1/s1. The van der Waals surface area contributed by atoms with E-state index >= 15 is 0 Å². The van der Waals surface area contributed by atoms with Gasteiger partial charge >= 0.3 is 5.97 Å². The third-order valence-corrected chi connectivity index (χ3v) is 8.38. The fourth-order valence-electron chi connectivity index (χ4n) is 6.41. The first-order chi connectivity index (χ1) is 17.7. The van der Waals surface area contributed by atoms with E-state index in [2.05, 4.69) is 13.2 Å².